The molecule has 0 aliphatic rings. The summed E-state index contributed by atoms with van der Waals surface area (Å²) < 4.78 is 26.9. The van der Waals surface area contributed by atoms with Gasteiger partial charge >= 0.3 is 0 Å². The molecule has 4 N–H and O–H groups in total. The van der Waals surface area contributed by atoms with E-state index in [-0.39, 0.29) is 11.3 Å². The molecule has 1 aromatic rings. The van der Waals surface area contributed by atoms with Crippen molar-refractivity contribution < 1.29 is 13.2 Å². The van der Waals surface area contributed by atoms with Gasteiger partial charge in [-0.2, -0.15) is 0 Å². The van der Waals surface area contributed by atoms with Crippen LogP contribution in [0, 0.1) is 0 Å². The first-order chi connectivity index (χ1) is 9.16. The van der Waals surface area contributed by atoms with Crippen LogP contribution in [-0.2, 0) is 14.8 Å². The molecule has 0 aliphatic heterocycles. The fourth-order valence-electron chi connectivity index (χ4n) is 1.85. The molecular weight excluding hydrogens is 278 g/mol. The average Bonchev–Trinajstić information content (AvgIpc) is 2.26. The summed E-state index contributed by atoms with van der Waals surface area (Å²) in [5.41, 5.74) is 5.03. The van der Waals surface area contributed by atoms with Crippen molar-refractivity contribution in [2.45, 2.75) is 37.6 Å². The molecule has 20 heavy (non-hydrogen) atoms. The second-order valence-corrected chi connectivity index (χ2v) is 6.87. The first-order valence-electron chi connectivity index (χ1n) is 6.32. The van der Waals surface area contributed by atoms with Crippen LogP contribution in [0.3, 0.4) is 0 Å². The van der Waals surface area contributed by atoms with E-state index in [1.807, 2.05) is 6.92 Å². The molecule has 112 valence electrons. The zero-order chi connectivity index (χ0) is 15.4. The normalized spacial score (nSPS) is 12.2. The molecule has 0 saturated heterocycles. The van der Waals surface area contributed by atoms with Gasteiger partial charge in [0, 0.05) is 24.2 Å². The van der Waals surface area contributed by atoms with Gasteiger partial charge in [-0.25, -0.2) is 13.1 Å². The van der Waals surface area contributed by atoms with E-state index in [0.717, 1.165) is 12.2 Å². The first-order valence-corrected chi connectivity index (χ1v) is 7.81. The van der Waals surface area contributed by atoms with Crippen LogP contribution in [0.5, 0.6) is 0 Å². The number of sulfonamides is 1. The van der Waals surface area contributed by atoms with E-state index in [2.05, 4.69) is 10.0 Å². The van der Waals surface area contributed by atoms with Crippen LogP contribution >= 0.6 is 0 Å². The van der Waals surface area contributed by atoms with Crippen LogP contribution in [0.1, 0.15) is 27.2 Å². The Morgan fingerprint density at radius 2 is 1.80 bits per heavy atom. The second-order valence-electron chi connectivity index (χ2n) is 5.19. The highest BCUT2D eigenvalue weighted by Gasteiger charge is 2.27. The molecule has 1 amide bonds. The Hall–Kier alpha value is -1.60. The van der Waals surface area contributed by atoms with E-state index >= 15 is 0 Å². The number of hydrogen-bond donors (Lipinski definition) is 3. The lowest BCUT2D eigenvalue weighted by Crippen LogP contribution is -2.45. The number of nitrogens with two attached hydrogens (primary N) is 1. The summed E-state index contributed by atoms with van der Waals surface area (Å²) in [6, 6.07) is 6.42. The summed E-state index contributed by atoms with van der Waals surface area (Å²) in [5.74, 6) is -0.555. The SMILES string of the molecule is CCNc1ccc(S(=O)(=O)NC(C)(C)CC(N)=O)cc1. The van der Waals surface area contributed by atoms with Gasteiger partial charge < -0.3 is 11.1 Å². The maximum atomic E-state index is 12.2. The number of amides is 1. The lowest BCUT2D eigenvalue weighted by Gasteiger charge is -2.24. The Kier molecular flexibility index (Phi) is 5.13. The number of carbonyl (C=O) groups is 1. The van der Waals surface area contributed by atoms with Gasteiger partial charge in [-0.05, 0) is 45.0 Å². The largest absolute Gasteiger partial charge is 0.385 e. The van der Waals surface area contributed by atoms with Gasteiger partial charge in [0.25, 0.3) is 0 Å². The topological polar surface area (TPSA) is 101 Å². The molecule has 0 aromatic heterocycles. The average molecular weight is 299 g/mol. The maximum Gasteiger partial charge on any atom is 0.241 e. The molecular formula is C13H21N3O3S. The van der Waals surface area contributed by atoms with Crippen LogP contribution in [0.15, 0.2) is 29.2 Å². The smallest absolute Gasteiger partial charge is 0.241 e. The molecule has 7 heteroatoms. The molecule has 6 nitrogen and oxygen atoms in total. The summed E-state index contributed by atoms with van der Waals surface area (Å²) in [5, 5.41) is 3.08. The number of nitrogens with one attached hydrogen (secondary N) is 2. The molecule has 1 rings (SSSR count). The van der Waals surface area contributed by atoms with Crippen LogP contribution < -0.4 is 15.8 Å². The summed E-state index contributed by atoms with van der Waals surface area (Å²) >= 11 is 0. The third-order valence-electron chi connectivity index (χ3n) is 2.57. The lowest BCUT2D eigenvalue weighted by atomic mass is 10.0. The van der Waals surface area contributed by atoms with E-state index in [1.54, 1.807) is 26.0 Å². The van der Waals surface area contributed by atoms with E-state index < -0.39 is 21.5 Å². The quantitative estimate of drug-likeness (QED) is 0.700. The van der Waals surface area contributed by atoms with Crippen molar-refractivity contribution in [2.75, 3.05) is 11.9 Å². The van der Waals surface area contributed by atoms with Gasteiger partial charge in [0.15, 0.2) is 0 Å². The fraction of sp³-hybridized carbons (Fsp3) is 0.462. The van der Waals surface area contributed by atoms with E-state index in [4.69, 9.17) is 5.73 Å². The minimum Gasteiger partial charge on any atom is -0.385 e. The fourth-order valence-corrected chi connectivity index (χ4v) is 3.26. The van der Waals surface area contributed by atoms with Crippen molar-refractivity contribution in [3.05, 3.63) is 24.3 Å². The summed E-state index contributed by atoms with van der Waals surface area (Å²) in [6.07, 6.45) is -0.0678. The Bertz CT molecular complexity index is 565. The minimum absolute atomic E-state index is 0.0678. The van der Waals surface area contributed by atoms with Gasteiger partial charge in [-0.1, -0.05) is 0 Å². The predicted octanol–water partition coefficient (Wildman–Crippen LogP) is 1.05. The molecule has 0 saturated carbocycles. The number of rotatable bonds is 7. The Balaban J connectivity index is 2.90. The third-order valence-corrected chi connectivity index (χ3v) is 4.29. The van der Waals surface area contributed by atoms with Gasteiger partial charge in [-0.15, -0.1) is 0 Å². The van der Waals surface area contributed by atoms with Crippen LogP contribution in [-0.4, -0.2) is 26.4 Å². The van der Waals surface area contributed by atoms with E-state index in [9.17, 15) is 13.2 Å². The Morgan fingerprint density at radius 3 is 2.25 bits per heavy atom. The standard InChI is InChI=1S/C13H21N3O3S/c1-4-15-10-5-7-11(8-6-10)20(18,19)16-13(2,3)9-12(14)17/h5-8,15-16H,4,9H2,1-3H3,(H2,14,17). The van der Waals surface area contributed by atoms with Crippen molar-refractivity contribution >= 4 is 21.6 Å². The Morgan fingerprint density at radius 1 is 1.25 bits per heavy atom. The van der Waals surface area contributed by atoms with Gasteiger partial charge in [0.2, 0.25) is 15.9 Å². The van der Waals surface area contributed by atoms with Crippen LogP contribution in [0.2, 0.25) is 0 Å². The molecule has 1 aromatic carbocycles. The maximum absolute atomic E-state index is 12.2. The number of anilines is 1. The van der Waals surface area contributed by atoms with Crippen molar-refractivity contribution in [3.63, 3.8) is 0 Å². The van der Waals surface area contributed by atoms with Gasteiger partial charge in [0.1, 0.15) is 0 Å². The van der Waals surface area contributed by atoms with Crippen molar-refractivity contribution in [2.24, 2.45) is 5.73 Å². The van der Waals surface area contributed by atoms with Crippen LogP contribution in [0.25, 0.3) is 0 Å². The number of primary amides is 1. The second kappa shape index (κ2) is 6.23. The van der Waals surface area contributed by atoms with Crippen LogP contribution in [0.4, 0.5) is 5.69 Å². The van der Waals surface area contributed by atoms with Gasteiger partial charge in [0.05, 0.1) is 4.90 Å². The molecule has 0 aliphatic carbocycles. The number of carbonyl (C=O) groups excluding carboxylic acids is 1. The van der Waals surface area contributed by atoms with Gasteiger partial charge in [-0.3, -0.25) is 4.79 Å². The molecule has 0 bridgehead atoms. The summed E-state index contributed by atoms with van der Waals surface area (Å²) in [7, 11) is -3.68. The summed E-state index contributed by atoms with van der Waals surface area (Å²) in [6.45, 7) is 5.94. The molecule has 0 unspecified atom stereocenters. The molecule has 0 radical (unpaired) electrons. The van der Waals surface area contributed by atoms with E-state index in [1.165, 1.54) is 12.1 Å². The van der Waals surface area contributed by atoms with Crippen molar-refractivity contribution in [1.82, 2.24) is 4.72 Å². The zero-order valence-electron chi connectivity index (χ0n) is 11.9. The molecule has 0 atom stereocenters. The number of benzene rings is 1. The molecule has 0 spiro atoms. The minimum atomic E-state index is -3.68. The molecule has 0 heterocycles. The zero-order valence-corrected chi connectivity index (χ0v) is 12.8. The highest BCUT2D eigenvalue weighted by molar-refractivity contribution is 7.89. The first kappa shape index (κ1) is 16.5. The predicted molar refractivity (Wildman–Crippen MR) is 78.8 cm³/mol. The highest BCUT2D eigenvalue weighted by Crippen LogP contribution is 2.17. The highest BCUT2D eigenvalue weighted by atomic mass is 32.2. The lowest BCUT2D eigenvalue weighted by molar-refractivity contribution is -0.119. The monoisotopic (exact) mass is 299 g/mol. The van der Waals surface area contributed by atoms with Crippen molar-refractivity contribution in [3.8, 4) is 0 Å². The van der Waals surface area contributed by atoms with E-state index in [0.29, 0.717) is 0 Å². The number of hydrogen-bond acceptors (Lipinski definition) is 4. The third kappa shape index (κ3) is 4.82. The molecule has 0 fully saturated rings. The summed E-state index contributed by atoms with van der Waals surface area (Å²) in [4.78, 5) is 11.1. The van der Waals surface area contributed by atoms with Crippen molar-refractivity contribution in [1.29, 1.82) is 0 Å². The Labute approximate surface area is 119 Å².